The van der Waals surface area contributed by atoms with Crippen molar-refractivity contribution in [1.29, 1.82) is 0 Å². The summed E-state index contributed by atoms with van der Waals surface area (Å²) in [7, 11) is 0. The predicted molar refractivity (Wildman–Crippen MR) is 97.6 cm³/mol. The second-order valence-corrected chi connectivity index (χ2v) is 8.98. The lowest BCUT2D eigenvalue weighted by molar-refractivity contribution is 0.0924. The first-order valence-corrected chi connectivity index (χ1v) is 9.82. The van der Waals surface area contributed by atoms with E-state index in [1.54, 1.807) is 0 Å². The van der Waals surface area contributed by atoms with Crippen molar-refractivity contribution in [3.63, 3.8) is 0 Å². The van der Waals surface area contributed by atoms with Gasteiger partial charge in [-0.25, -0.2) is 0 Å². The van der Waals surface area contributed by atoms with Crippen molar-refractivity contribution in [3.8, 4) is 0 Å². The molecule has 4 heterocycles. The number of nitrogens with one attached hydrogen (secondary N) is 1. The summed E-state index contributed by atoms with van der Waals surface area (Å²) in [5, 5.41) is 11.4. The molecule has 1 fully saturated rings. The van der Waals surface area contributed by atoms with Crippen LogP contribution in [-0.2, 0) is 19.5 Å². The highest BCUT2D eigenvalue weighted by molar-refractivity contribution is 7.11. The first-order valence-electron chi connectivity index (χ1n) is 9.00. The summed E-state index contributed by atoms with van der Waals surface area (Å²) < 4.78 is 2.04. The molecular formula is C18H25N5OS. The lowest BCUT2D eigenvalue weighted by Crippen LogP contribution is -2.35. The monoisotopic (exact) mass is 359 g/mol. The lowest BCUT2D eigenvalue weighted by atomic mass is 9.89. The zero-order chi connectivity index (χ0) is 17.6. The summed E-state index contributed by atoms with van der Waals surface area (Å²) >= 11 is 1.89. The zero-order valence-corrected chi connectivity index (χ0v) is 15.8. The van der Waals surface area contributed by atoms with E-state index in [-0.39, 0.29) is 11.9 Å². The Balaban J connectivity index is 1.45. The molecule has 0 spiro atoms. The molecule has 2 aromatic heterocycles. The molecule has 2 aliphatic rings. The molecule has 0 radical (unpaired) electrons. The second-order valence-electron chi connectivity index (χ2n) is 7.61. The van der Waals surface area contributed by atoms with Gasteiger partial charge in [-0.15, -0.1) is 21.5 Å². The van der Waals surface area contributed by atoms with Crippen LogP contribution in [0.2, 0.25) is 0 Å². The van der Waals surface area contributed by atoms with Crippen LogP contribution in [0.4, 0.5) is 0 Å². The lowest BCUT2D eigenvalue weighted by Gasteiger charge is -2.25. The topological polar surface area (TPSA) is 63.1 Å². The van der Waals surface area contributed by atoms with Crippen LogP contribution in [0.25, 0.3) is 0 Å². The van der Waals surface area contributed by atoms with Crippen molar-refractivity contribution in [1.82, 2.24) is 25.0 Å². The number of aryl methyl sites for hydroxylation is 1. The average molecular weight is 359 g/mol. The summed E-state index contributed by atoms with van der Waals surface area (Å²) in [6.45, 7) is 10.2. The zero-order valence-electron chi connectivity index (χ0n) is 15.0. The molecule has 2 atom stereocenters. The van der Waals surface area contributed by atoms with Gasteiger partial charge in [-0.3, -0.25) is 9.69 Å². The van der Waals surface area contributed by atoms with E-state index < -0.39 is 0 Å². The highest BCUT2D eigenvalue weighted by Crippen LogP contribution is 2.33. The fraction of sp³-hybridized carbons (Fsp3) is 0.611. The minimum atomic E-state index is -0.115. The van der Waals surface area contributed by atoms with Crippen molar-refractivity contribution in [2.45, 2.75) is 46.3 Å². The Morgan fingerprint density at radius 3 is 2.80 bits per heavy atom. The van der Waals surface area contributed by atoms with Crippen LogP contribution in [0, 0.1) is 18.8 Å². The Hall–Kier alpha value is -1.73. The molecule has 2 aliphatic heterocycles. The minimum absolute atomic E-state index is 0.105. The van der Waals surface area contributed by atoms with Gasteiger partial charge in [-0.2, -0.15) is 0 Å². The Bertz CT molecular complexity index is 780. The molecule has 4 rings (SSSR count). The van der Waals surface area contributed by atoms with Crippen molar-refractivity contribution in [2.24, 2.45) is 11.8 Å². The van der Waals surface area contributed by atoms with Crippen LogP contribution in [0.15, 0.2) is 12.1 Å². The number of amides is 1. The summed E-state index contributed by atoms with van der Waals surface area (Å²) in [6.07, 6.45) is 0.923. The molecule has 0 saturated carbocycles. The third-order valence-corrected chi connectivity index (χ3v) is 6.13. The number of aromatic nitrogens is 3. The van der Waals surface area contributed by atoms with Crippen molar-refractivity contribution in [2.75, 3.05) is 13.1 Å². The molecule has 1 saturated heterocycles. The SMILES string of the molecule is Cc1ccc(CN2C[C@H]3Cc4nnc(C(=O)NC(C)C)n4C[C@@H]3C2)s1. The van der Waals surface area contributed by atoms with Crippen LogP contribution < -0.4 is 5.32 Å². The number of carbonyl (C=O) groups excluding carboxylic acids is 1. The standard InChI is InChI=1S/C18H25N5OS/c1-11(2)19-18(24)17-21-20-16-6-13-7-22(8-14(13)9-23(16)17)10-15-5-4-12(3)25-15/h4-5,11,13-14H,6-10H2,1-3H3,(H,19,24)/t13-,14+/m1/s1. The summed E-state index contributed by atoms with van der Waals surface area (Å²) in [5.74, 6) is 2.52. The highest BCUT2D eigenvalue weighted by Gasteiger charge is 2.39. The van der Waals surface area contributed by atoms with Crippen molar-refractivity contribution in [3.05, 3.63) is 33.5 Å². The molecule has 0 bridgehead atoms. The van der Waals surface area contributed by atoms with Gasteiger partial charge in [0.25, 0.3) is 5.91 Å². The van der Waals surface area contributed by atoms with Crippen LogP contribution >= 0.6 is 11.3 Å². The molecule has 0 unspecified atom stereocenters. The van der Waals surface area contributed by atoms with E-state index in [9.17, 15) is 4.79 Å². The van der Waals surface area contributed by atoms with E-state index in [2.05, 4.69) is 39.5 Å². The van der Waals surface area contributed by atoms with E-state index in [1.165, 1.54) is 9.75 Å². The van der Waals surface area contributed by atoms with Gasteiger partial charge >= 0.3 is 0 Å². The number of hydrogen-bond acceptors (Lipinski definition) is 5. The fourth-order valence-corrected chi connectivity index (χ4v) is 4.97. The molecule has 7 heteroatoms. The maximum atomic E-state index is 12.3. The van der Waals surface area contributed by atoms with E-state index in [4.69, 9.17) is 0 Å². The highest BCUT2D eigenvalue weighted by atomic mass is 32.1. The molecular weight excluding hydrogens is 334 g/mol. The number of fused-ring (bicyclic) bond motifs is 2. The molecule has 0 aliphatic carbocycles. The van der Waals surface area contributed by atoms with Gasteiger partial charge in [-0.05, 0) is 44.7 Å². The van der Waals surface area contributed by atoms with Crippen LogP contribution in [0.3, 0.4) is 0 Å². The maximum Gasteiger partial charge on any atom is 0.289 e. The molecule has 0 aromatic carbocycles. The minimum Gasteiger partial charge on any atom is -0.347 e. The van der Waals surface area contributed by atoms with Crippen LogP contribution in [0.5, 0.6) is 0 Å². The number of rotatable bonds is 4. The Morgan fingerprint density at radius 1 is 1.28 bits per heavy atom. The van der Waals surface area contributed by atoms with Crippen LogP contribution in [0.1, 0.15) is 40.0 Å². The van der Waals surface area contributed by atoms with E-state index in [0.29, 0.717) is 17.7 Å². The van der Waals surface area contributed by atoms with Crippen molar-refractivity contribution >= 4 is 17.2 Å². The summed E-state index contributed by atoms with van der Waals surface area (Å²) in [4.78, 5) is 17.7. The number of thiophene rings is 1. The molecule has 1 N–H and O–H groups in total. The third kappa shape index (κ3) is 3.35. The normalized spacial score (nSPS) is 22.9. The van der Waals surface area contributed by atoms with Gasteiger partial charge in [0.2, 0.25) is 5.82 Å². The number of nitrogens with zero attached hydrogens (tertiary/aromatic N) is 4. The molecule has 6 nitrogen and oxygen atoms in total. The second kappa shape index (κ2) is 6.53. The smallest absolute Gasteiger partial charge is 0.289 e. The van der Waals surface area contributed by atoms with E-state index in [0.717, 1.165) is 38.4 Å². The summed E-state index contributed by atoms with van der Waals surface area (Å²) in [6, 6.07) is 4.54. The van der Waals surface area contributed by atoms with Gasteiger partial charge < -0.3 is 9.88 Å². The number of carbonyl (C=O) groups is 1. The quantitative estimate of drug-likeness (QED) is 0.908. The van der Waals surface area contributed by atoms with Gasteiger partial charge in [0.1, 0.15) is 5.82 Å². The first kappa shape index (κ1) is 16.7. The largest absolute Gasteiger partial charge is 0.347 e. The number of likely N-dealkylation sites (tertiary alicyclic amines) is 1. The fourth-order valence-electron chi connectivity index (χ4n) is 4.04. The predicted octanol–water partition coefficient (Wildman–Crippen LogP) is 2.09. The van der Waals surface area contributed by atoms with Gasteiger partial charge in [0, 0.05) is 48.4 Å². The first-order chi connectivity index (χ1) is 12.0. The van der Waals surface area contributed by atoms with E-state index in [1.807, 2.05) is 29.8 Å². The van der Waals surface area contributed by atoms with Crippen LogP contribution in [-0.4, -0.2) is 44.7 Å². The maximum absolute atomic E-state index is 12.3. The summed E-state index contributed by atoms with van der Waals surface area (Å²) in [5.41, 5.74) is 0. The Kier molecular flexibility index (Phi) is 4.37. The van der Waals surface area contributed by atoms with E-state index >= 15 is 0 Å². The Labute approximate surface area is 152 Å². The Morgan fingerprint density at radius 2 is 2.08 bits per heavy atom. The van der Waals surface area contributed by atoms with Gasteiger partial charge in [0.15, 0.2) is 0 Å². The molecule has 134 valence electrons. The average Bonchev–Trinajstić information content (AvgIpc) is 3.22. The molecule has 2 aromatic rings. The molecule has 25 heavy (non-hydrogen) atoms. The number of hydrogen-bond donors (Lipinski definition) is 1. The third-order valence-electron chi connectivity index (χ3n) is 5.14. The molecule has 1 amide bonds. The van der Waals surface area contributed by atoms with Gasteiger partial charge in [0.05, 0.1) is 0 Å². The van der Waals surface area contributed by atoms with Crippen molar-refractivity contribution < 1.29 is 4.79 Å². The van der Waals surface area contributed by atoms with Gasteiger partial charge in [-0.1, -0.05) is 0 Å².